The second kappa shape index (κ2) is 7.81. The molecule has 0 bridgehead atoms. The molecule has 0 spiro atoms. The molecule has 0 saturated carbocycles. The van der Waals surface area contributed by atoms with E-state index in [1.54, 1.807) is 0 Å². The highest BCUT2D eigenvalue weighted by Crippen LogP contribution is 2.40. The smallest absolute Gasteiger partial charge is 0.341 e. The lowest BCUT2D eigenvalue weighted by Gasteiger charge is -2.09. The third kappa shape index (κ3) is 4.15. The first kappa shape index (κ1) is 18.5. The summed E-state index contributed by atoms with van der Waals surface area (Å²) < 4.78 is 31.9. The molecule has 0 atom stereocenters. The van der Waals surface area contributed by atoms with Gasteiger partial charge in [0.05, 0.1) is 12.9 Å². The van der Waals surface area contributed by atoms with Crippen molar-refractivity contribution in [3.05, 3.63) is 40.8 Å². The van der Waals surface area contributed by atoms with E-state index in [-0.39, 0.29) is 11.3 Å². The molecule has 0 amide bonds. The van der Waals surface area contributed by atoms with Crippen LogP contribution in [0.1, 0.15) is 35.0 Å². The maximum atomic E-state index is 12.3. The number of anilines is 1. The Bertz CT molecular complexity index is 811. The maximum Gasteiger partial charge on any atom is 0.341 e. The highest BCUT2D eigenvalue weighted by Gasteiger charge is 2.26. The summed E-state index contributed by atoms with van der Waals surface area (Å²) in [4.78, 5) is 13.1. The molecule has 0 fully saturated rings. The largest absolute Gasteiger partial charge is 0.465 e. The van der Waals surface area contributed by atoms with E-state index >= 15 is 0 Å². The zero-order chi connectivity index (χ0) is 17.7. The van der Waals surface area contributed by atoms with Crippen LogP contribution in [-0.4, -0.2) is 27.2 Å². The van der Waals surface area contributed by atoms with Gasteiger partial charge in [0.2, 0.25) is 10.0 Å². The first-order chi connectivity index (χ1) is 11.4. The van der Waals surface area contributed by atoms with E-state index in [4.69, 9.17) is 4.74 Å². The number of carbonyl (C=O) groups excluding carboxylic acids is 1. The van der Waals surface area contributed by atoms with Crippen LogP contribution in [0.15, 0.2) is 30.3 Å². The third-order valence-corrected chi connectivity index (χ3v) is 6.04. The first-order valence-electron chi connectivity index (χ1n) is 7.67. The Morgan fingerprint density at radius 1 is 1.25 bits per heavy atom. The van der Waals surface area contributed by atoms with Crippen molar-refractivity contribution in [3.63, 3.8) is 0 Å². The predicted octanol–water partition coefficient (Wildman–Crippen LogP) is 4.05. The molecule has 2 rings (SSSR count). The van der Waals surface area contributed by atoms with Gasteiger partial charge in [0.25, 0.3) is 0 Å². The number of rotatable bonds is 7. The van der Waals surface area contributed by atoms with Crippen molar-refractivity contribution in [1.29, 1.82) is 0 Å². The first-order valence-corrected chi connectivity index (χ1v) is 10.1. The number of hydrogen-bond acceptors (Lipinski definition) is 5. The van der Waals surface area contributed by atoms with Gasteiger partial charge in [0.15, 0.2) is 0 Å². The molecule has 0 aliphatic carbocycles. The Kier molecular flexibility index (Phi) is 6.01. The molecule has 2 aromatic rings. The number of methoxy groups -OCH3 is 1. The van der Waals surface area contributed by atoms with Gasteiger partial charge in [-0.2, -0.15) is 0 Å². The van der Waals surface area contributed by atoms with Crippen LogP contribution in [0.2, 0.25) is 0 Å². The molecule has 0 aliphatic heterocycles. The number of esters is 1. The topological polar surface area (TPSA) is 72.5 Å². The average molecular weight is 367 g/mol. The van der Waals surface area contributed by atoms with E-state index in [1.165, 1.54) is 18.4 Å². The summed E-state index contributed by atoms with van der Waals surface area (Å²) in [7, 11) is -2.20. The molecule has 0 radical (unpaired) electrons. The number of sulfonamides is 1. The van der Waals surface area contributed by atoms with E-state index in [0.29, 0.717) is 17.0 Å². The van der Waals surface area contributed by atoms with Gasteiger partial charge in [-0.15, -0.1) is 11.3 Å². The molecule has 24 heavy (non-hydrogen) atoms. The minimum absolute atomic E-state index is 0.0295. The summed E-state index contributed by atoms with van der Waals surface area (Å²) in [6.45, 7) is 3.79. The Balaban J connectivity index is 2.52. The Morgan fingerprint density at radius 2 is 1.92 bits per heavy atom. The lowest BCUT2D eigenvalue weighted by atomic mass is 10.0. The van der Waals surface area contributed by atoms with Crippen LogP contribution in [0.3, 0.4) is 0 Å². The number of aryl methyl sites for hydroxylation is 1. The van der Waals surface area contributed by atoms with Gasteiger partial charge in [0, 0.05) is 10.4 Å². The molecule has 7 heteroatoms. The average Bonchev–Trinajstić information content (AvgIpc) is 2.88. The second-order valence-electron chi connectivity index (χ2n) is 5.37. The number of nitrogens with one attached hydrogen (secondary N) is 1. The normalized spacial score (nSPS) is 11.3. The SMILES string of the molecule is CCCCS(=O)(=O)Nc1sc(C)c(-c2ccccc2)c1C(=O)OC. The fraction of sp³-hybridized carbons (Fsp3) is 0.353. The van der Waals surface area contributed by atoms with Gasteiger partial charge in [-0.1, -0.05) is 43.7 Å². The third-order valence-electron chi connectivity index (χ3n) is 3.55. The molecule has 0 aliphatic rings. The van der Waals surface area contributed by atoms with Crippen molar-refractivity contribution < 1.29 is 17.9 Å². The van der Waals surface area contributed by atoms with Crippen LogP contribution in [0.25, 0.3) is 11.1 Å². The lowest BCUT2D eigenvalue weighted by Crippen LogP contribution is -2.17. The summed E-state index contributed by atoms with van der Waals surface area (Å²) in [5, 5.41) is 0.314. The molecule has 1 heterocycles. The quantitative estimate of drug-likeness (QED) is 0.749. The molecule has 5 nitrogen and oxygen atoms in total. The van der Waals surface area contributed by atoms with Crippen molar-refractivity contribution in [1.82, 2.24) is 0 Å². The minimum atomic E-state index is -3.49. The molecular formula is C17H21NO4S2. The summed E-state index contributed by atoms with van der Waals surface area (Å²) in [6, 6.07) is 9.41. The van der Waals surface area contributed by atoms with E-state index in [0.717, 1.165) is 16.9 Å². The van der Waals surface area contributed by atoms with Gasteiger partial charge in [-0.25, -0.2) is 13.2 Å². The van der Waals surface area contributed by atoms with Crippen LogP contribution in [0, 0.1) is 6.92 Å². The van der Waals surface area contributed by atoms with Crippen LogP contribution in [0.4, 0.5) is 5.00 Å². The number of ether oxygens (including phenoxy) is 1. The standard InChI is InChI=1S/C17H21NO4S2/c1-4-5-11-24(20,21)18-16-15(17(19)22-3)14(12(2)23-16)13-9-7-6-8-10-13/h6-10,18H,4-5,11H2,1-3H3. The lowest BCUT2D eigenvalue weighted by molar-refractivity contribution is 0.0603. The maximum absolute atomic E-state index is 12.3. The second-order valence-corrected chi connectivity index (χ2v) is 8.44. The predicted molar refractivity (Wildman–Crippen MR) is 98.1 cm³/mol. The number of thiophene rings is 1. The zero-order valence-corrected chi connectivity index (χ0v) is 15.6. The number of carbonyl (C=O) groups is 1. The van der Waals surface area contributed by atoms with Crippen molar-refractivity contribution in [2.24, 2.45) is 0 Å². The van der Waals surface area contributed by atoms with E-state index < -0.39 is 16.0 Å². The van der Waals surface area contributed by atoms with Gasteiger partial charge in [0.1, 0.15) is 10.6 Å². The number of hydrogen-bond donors (Lipinski definition) is 1. The van der Waals surface area contributed by atoms with Gasteiger partial charge >= 0.3 is 5.97 Å². The molecule has 1 N–H and O–H groups in total. The van der Waals surface area contributed by atoms with Crippen molar-refractivity contribution in [3.8, 4) is 11.1 Å². The van der Waals surface area contributed by atoms with Crippen LogP contribution in [0.5, 0.6) is 0 Å². The fourth-order valence-corrected chi connectivity index (χ4v) is 5.01. The summed E-state index contributed by atoms with van der Waals surface area (Å²) in [5.74, 6) is -0.520. The van der Waals surface area contributed by atoms with Crippen LogP contribution >= 0.6 is 11.3 Å². The van der Waals surface area contributed by atoms with Gasteiger partial charge in [-0.3, -0.25) is 4.72 Å². The fourth-order valence-electron chi connectivity index (χ4n) is 2.39. The molecule has 1 aromatic heterocycles. The van der Waals surface area contributed by atoms with Crippen molar-refractivity contribution in [2.45, 2.75) is 26.7 Å². The van der Waals surface area contributed by atoms with Gasteiger partial charge in [-0.05, 0) is 18.9 Å². The van der Waals surface area contributed by atoms with E-state index in [9.17, 15) is 13.2 Å². The Hall–Kier alpha value is -1.86. The molecular weight excluding hydrogens is 346 g/mol. The Morgan fingerprint density at radius 3 is 2.50 bits per heavy atom. The highest BCUT2D eigenvalue weighted by molar-refractivity contribution is 7.92. The van der Waals surface area contributed by atoms with E-state index in [2.05, 4.69) is 4.72 Å². The molecule has 130 valence electrons. The van der Waals surface area contributed by atoms with Crippen LogP contribution in [-0.2, 0) is 14.8 Å². The highest BCUT2D eigenvalue weighted by atomic mass is 32.2. The van der Waals surface area contributed by atoms with Gasteiger partial charge < -0.3 is 4.74 Å². The molecule has 0 unspecified atom stereocenters. The summed E-state index contributed by atoms with van der Waals surface area (Å²) >= 11 is 1.25. The number of benzene rings is 1. The Labute approximate surface area is 146 Å². The minimum Gasteiger partial charge on any atom is -0.465 e. The summed E-state index contributed by atoms with van der Waals surface area (Å²) in [6.07, 6.45) is 1.35. The van der Waals surface area contributed by atoms with Crippen molar-refractivity contribution in [2.75, 3.05) is 17.6 Å². The number of unbranched alkanes of at least 4 members (excludes halogenated alkanes) is 1. The van der Waals surface area contributed by atoms with Crippen molar-refractivity contribution >= 4 is 32.3 Å². The molecule has 0 saturated heterocycles. The zero-order valence-electron chi connectivity index (χ0n) is 14.0. The van der Waals surface area contributed by atoms with E-state index in [1.807, 2.05) is 44.2 Å². The summed E-state index contributed by atoms with van der Waals surface area (Å²) in [5.41, 5.74) is 1.83. The monoisotopic (exact) mass is 367 g/mol. The molecule has 1 aromatic carbocycles. The van der Waals surface area contributed by atoms with Crippen LogP contribution < -0.4 is 4.72 Å².